The largest absolute Gasteiger partial charge is 0.384 e. The van der Waals surface area contributed by atoms with Crippen LogP contribution in [0.2, 0.25) is 5.02 Å². The molecule has 0 bridgehead atoms. The maximum atomic E-state index is 13.4. The fourth-order valence-electron chi connectivity index (χ4n) is 1.23. The van der Waals surface area contributed by atoms with Crippen LogP contribution in [0.4, 0.5) is 21.6 Å². The van der Waals surface area contributed by atoms with Crippen LogP contribution in [-0.2, 0) is 0 Å². The standard InChI is InChI=1S/C11H9ClFN3/c12-7-1-3-10(9(13)5-7)16-8-2-4-11(14)15-6-8/h1-6,16H,(H2,14,15). The Morgan fingerprint density at radius 3 is 2.69 bits per heavy atom. The maximum absolute atomic E-state index is 13.4. The Morgan fingerprint density at radius 2 is 2.06 bits per heavy atom. The van der Waals surface area contributed by atoms with Crippen molar-refractivity contribution in [1.82, 2.24) is 4.98 Å². The van der Waals surface area contributed by atoms with E-state index in [-0.39, 0.29) is 0 Å². The number of nitrogens with two attached hydrogens (primary N) is 1. The van der Waals surface area contributed by atoms with Crippen molar-refractivity contribution in [3.63, 3.8) is 0 Å². The van der Waals surface area contributed by atoms with Crippen LogP contribution in [0.15, 0.2) is 36.5 Å². The molecule has 0 saturated heterocycles. The van der Waals surface area contributed by atoms with Crippen molar-refractivity contribution in [2.24, 2.45) is 0 Å². The number of aromatic nitrogens is 1. The molecule has 0 aliphatic heterocycles. The SMILES string of the molecule is Nc1ccc(Nc2ccc(Cl)cc2F)cn1. The van der Waals surface area contributed by atoms with E-state index in [1.165, 1.54) is 12.3 Å². The summed E-state index contributed by atoms with van der Waals surface area (Å²) in [5, 5.41) is 3.23. The van der Waals surface area contributed by atoms with E-state index >= 15 is 0 Å². The number of nitrogens with zero attached hydrogens (tertiary/aromatic N) is 1. The number of rotatable bonds is 2. The van der Waals surface area contributed by atoms with E-state index in [4.69, 9.17) is 17.3 Å². The van der Waals surface area contributed by atoms with Crippen molar-refractivity contribution in [2.45, 2.75) is 0 Å². The van der Waals surface area contributed by atoms with Crippen LogP contribution >= 0.6 is 11.6 Å². The molecule has 0 fully saturated rings. The first-order valence-electron chi connectivity index (χ1n) is 4.59. The zero-order chi connectivity index (χ0) is 11.5. The molecule has 0 radical (unpaired) electrons. The van der Waals surface area contributed by atoms with Gasteiger partial charge in [0.05, 0.1) is 17.6 Å². The molecular weight excluding hydrogens is 229 g/mol. The quantitative estimate of drug-likeness (QED) is 0.843. The highest BCUT2D eigenvalue weighted by Crippen LogP contribution is 2.22. The molecule has 5 heteroatoms. The van der Waals surface area contributed by atoms with E-state index in [0.717, 1.165) is 0 Å². The van der Waals surface area contributed by atoms with Crippen LogP contribution in [0.25, 0.3) is 0 Å². The van der Waals surface area contributed by atoms with Crippen LogP contribution in [-0.4, -0.2) is 4.98 Å². The minimum absolute atomic E-state index is 0.343. The molecule has 0 spiro atoms. The average molecular weight is 238 g/mol. The van der Waals surface area contributed by atoms with Gasteiger partial charge in [0, 0.05) is 5.02 Å². The molecule has 1 aromatic carbocycles. The Hall–Kier alpha value is -1.81. The van der Waals surface area contributed by atoms with E-state index < -0.39 is 5.82 Å². The van der Waals surface area contributed by atoms with Gasteiger partial charge in [-0.3, -0.25) is 0 Å². The molecule has 0 saturated carbocycles. The second kappa shape index (κ2) is 4.37. The van der Waals surface area contributed by atoms with Gasteiger partial charge in [-0.1, -0.05) is 11.6 Å². The lowest BCUT2D eigenvalue weighted by atomic mass is 10.3. The van der Waals surface area contributed by atoms with Gasteiger partial charge in [0.15, 0.2) is 0 Å². The zero-order valence-corrected chi connectivity index (χ0v) is 9.00. The molecule has 82 valence electrons. The molecule has 3 N–H and O–H groups in total. The van der Waals surface area contributed by atoms with Crippen LogP contribution in [0, 0.1) is 5.82 Å². The fraction of sp³-hybridized carbons (Fsp3) is 0. The third-order valence-corrected chi connectivity index (χ3v) is 2.23. The van der Waals surface area contributed by atoms with E-state index in [0.29, 0.717) is 22.2 Å². The first-order chi connectivity index (χ1) is 7.65. The lowest BCUT2D eigenvalue weighted by Crippen LogP contribution is -1.95. The summed E-state index contributed by atoms with van der Waals surface area (Å²) >= 11 is 5.64. The summed E-state index contributed by atoms with van der Waals surface area (Å²) in [7, 11) is 0. The monoisotopic (exact) mass is 237 g/mol. The van der Waals surface area contributed by atoms with Crippen molar-refractivity contribution in [3.05, 3.63) is 47.4 Å². The van der Waals surface area contributed by atoms with Crippen molar-refractivity contribution in [3.8, 4) is 0 Å². The van der Waals surface area contributed by atoms with Crippen molar-refractivity contribution >= 4 is 28.8 Å². The predicted octanol–water partition coefficient (Wildman–Crippen LogP) is 3.20. The first-order valence-corrected chi connectivity index (χ1v) is 4.96. The van der Waals surface area contributed by atoms with Gasteiger partial charge in [-0.15, -0.1) is 0 Å². The molecule has 1 heterocycles. The number of halogens is 2. The van der Waals surface area contributed by atoms with Gasteiger partial charge in [-0.25, -0.2) is 9.37 Å². The van der Waals surface area contributed by atoms with Crippen molar-refractivity contribution in [2.75, 3.05) is 11.1 Å². The van der Waals surface area contributed by atoms with E-state index in [1.54, 1.807) is 24.3 Å². The maximum Gasteiger partial charge on any atom is 0.148 e. The van der Waals surface area contributed by atoms with Crippen molar-refractivity contribution in [1.29, 1.82) is 0 Å². The molecule has 0 amide bonds. The summed E-state index contributed by atoms with van der Waals surface area (Å²) in [6, 6.07) is 7.77. The summed E-state index contributed by atoms with van der Waals surface area (Å²) in [6.07, 6.45) is 1.53. The number of hydrogen-bond donors (Lipinski definition) is 2. The highest BCUT2D eigenvalue weighted by molar-refractivity contribution is 6.30. The minimum atomic E-state index is -0.413. The van der Waals surface area contributed by atoms with Crippen LogP contribution in [0.3, 0.4) is 0 Å². The molecule has 0 atom stereocenters. The number of nitrogen functional groups attached to an aromatic ring is 1. The highest BCUT2D eigenvalue weighted by Gasteiger charge is 2.03. The number of nitrogens with one attached hydrogen (secondary N) is 1. The molecule has 3 nitrogen and oxygen atoms in total. The van der Waals surface area contributed by atoms with E-state index in [9.17, 15) is 4.39 Å². The first kappa shape index (κ1) is 10.7. The van der Waals surface area contributed by atoms with Gasteiger partial charge < -0.3 is 11.1 Å². The molecule has 16 heavy (non-hydrogen) atoms. The average Bonchev–Trinajstić information content (AvgIpc) is 2.25. The lowest BCUT2D eigenvalue weighted by Gasteiger charge is -2.07. The highest BCUT2D eigenvalue weighted by atomic mass is 35.5. The molecule has 2 rings (SSSR count). The predicted molar refractivity (Wildman–Crippen MR) is 63.3 cm³/mol. The Morgan fingerprint density at radius 1 is 1.25 bits per heavy atom. The third kappa shape index (κ3) is 2.41. The molecule has 2 aromatic rings. The van der Waals surface area contributed by atoms with Crippen LogP contribution in [0.1, 0.15) is 0 Å². The second-order valence-electron chi connectivity index (χ2n) is 3.22. The zero-order valence-electron chi connectivity index (χ0n) is 8.24. The van der Waals surface area contributed by atoms with Gasteiger partial charge in [-0.05, 0) is 30.3 Å². The summed E-state index contributed by atoms with van der Waals surface area (Å²) in [6.45, 7) is 0. The molecule has 0 aliphatic rings. The van der Waals surface area contributed by atoms with Crippen molar-refractivity contribution < 1.29 is 4.39 Å². The summed E-state index contributed by atoms with van der Waals surface area (Å²) in [5.74, 6) is 0.00598. The van der Waals surface area contributed by atoms with E-state index in [1.807, 2.05) is 0 Å². The third-order valence-electron chi connectivity index (χ3n) is 2.00. The number of hydrogen-bond acceptors (Lipinski definition) is 3. The van der Waals surface area contributed by atoms with Gasteiger partial charge in [0.25, 0.3) is 0 Å². The van der Waals surface area contributed by atoms with Crippen LogP contribution in [0.5, 0.6) is 0 Å². The molecule has 0 aliphatic carbocycles. The minimum Gasteiger partial charge on any atom is -0.384 e. The Balaban J connectivity index is 2.23. The van der Waals surface area contributed by atoms with Gasteiger partial charge in [-0.2, -0.15) is 0 Å². The second-order valence-corrected chi connectivity index (χ2v) is 3.66. The Kier molecular flexibility index (Phi) is 2.92. The summed E-state index contributed by atoms with van der Waals surface area (Å²) < 4.78 is 13.4. The topological polar surface area (TPSA) is 50.9 Å². The molecule has 0 unspecified atom stereocenters. The van der Waals surface area contributed by atoms with Crippen LogP contribution < -0.4 is 11.1 Å². The molecular formula is C11H9ClFN3. The number of anilines is 3. The Bertz CT molecular complexity index is 499. The Labute approximate surface area is 97.1 Å². The molecule has 1 aromatic heterocycles. The summed E-state index contributed by atoms with van der Waals surface area (Å²) in [4.78, 5) is 3.89. The van der Waals surface area contributed by atoms with Gasteiger partial charge in [0.2, 0.25) is 0 Å². The smallest absolute Gasteiger partial charge is 0.148 e. The van der Waals surface area contributed by atoms with Gasteiger partial charge >= 0.3 is 0 Å². The van der Waals surface area contributed by atoms with E-state index in [2.05, 4.69) is 10.3 Å². The normalized spacial score (nSPS) is 10.1. The number of pyridine rings is 1. The summed E-state index contributed by atoms with van der Waals surface area (Å²) in [5.41, 5.74) is 6.45. The fourth-order valence-corrected chi connectivity index (χ4v) is 1.38. The van der Waals surface area contributed by atoms with Gasteiger partial charge in [0.1, 0.15) is 11.6 Å². The number of benzene rings is 1. The lowest BCUT2D eigenvalue weighted by molar-refractivity contribution is 0.632.